The SMILES string of the molecule is CC(Nc1ccncn1)c1ccc(F)cc1. The number of benzene rings is 1. The molecule has 0 amide bonds. The number of aromatic nitrogens is 2. The predicted octanol–water partition coefficient (Wildman–Crippen LogP) is 2.79. The summed E-state index contributed by atoms with van der Waals surface area (Å²) in [6.07, 6.45) is 3.16. The van der Waals surface area contributed by atoms with Crippen LogP contribution >= 0.6 is 0 Å². The summed E-state index contributed by atoms with van der Waals surface area (Å²) in [5, 5.41) is 3.20. The molecule has 0 saturated carbocycles. The molecule has 1 aromatic carbocycles. The Hall–Kier alpha value is -1.97. The second-order valence-corrected chi connectivity index (χ2v) is 3.51. The molecule has 1 N–H and O–H groups in total. The van der Waals surface area contributed by atoms with Crippen LogP contribution in [0.25, 0.3) is 0 Å². The van der Waals surface area contributed by atoms with Crippen LogP contribution in [0.15, 0.2) is 42.9 Å². The van der Waals surface area contributed by atoms with Gasteiger partial charge in [0.15, 0.2) is 0 Å². The van der Waals surface area contributed by atoms with E-state index >= 15 is 0 Å². The van der Waals surface area contributed by atoms with Crippen LogP contribution < -0.4 is 5.32 Å². The van der Waals surface area contributed by atoms with Crippen molar-refractivity contribution in [1.29, 1.82) is 0 Å². The summed E-state index contributed by atoms with van der Waals surface area (Å²) in [5.41, 5.74) is 1.01. The third-order valence-electron chi connectivity index (χ3n) is 2.32. The Labute approximate surface area is 93.4 Å². The molecule has 0 aliphatic rings. The lowest BCUT2D eigenvalue weighted by molar-refractivity contribution is 0.626. The molecular formula is C12H12FN3. The zero-order valence-electron chi connectivity index (χ0n) is 8.89. The molecule has 1 atom stereocenters. The monoisotopic (exact) mass is 217 g/mol. The van der Waals surface area contributed by atoms with Crippen molar-refractivity contribution < 1.29 is 4.39 Å². The Morgan fingerprint density at radius 3 is 2.56 bits per heavy atom. The molecule has 2 aromatic rings. The average Bonchev–Trinajstić information content (AvgIpc) is 2.31. The first-order chi connectivity index (χ1) is 7.75. The molecule has 0 fully saturated rings. The molecule has 2 rings (SSSR count). The molecule has 1 heterocycles. The van der Waals surface area contributed by atoms with E-state index in [0.717, 1.165) is 11.4 Å². The minimum atomic E-state index is -0.224. The molecule has 0 radical (unpaired) electrons. The van der Waals surface area contributed by atoms with Gasteiger partial charge in [-0.25, -0.2) is 14.4 Å². The van der Waals surface area contributed by atoms with E-state index in [4.69, 9.17) is 0 Å². The number of nitrogens with zero attached hydrogens (tertiary/aromatic N) is 2. The number of hydrogen-bond acceptors (Lipinski definition) is 3. The van der Waals surface area contributed by atoms with Gasteiger partial charge in [-0.1, -0.05) is 12.1 Å². The van der Waals surface area contributed by atoms with Gasteiger partial charge < -0.3 is 5.32 Å². The maximum Gasteiger partial charge on any atom is 0.129 e. The van der Waals surface area contributed by atoms with Crippen LogP contribution in [0.3, 0.4) is 0 Å². The van der Waals surface area contributed by atoms with Gasteiger partial charge in [-0.3, -0.25) is 0 Å². The first-order valence-corrected chi connectivity index (χ1v) is 5.04. The molecule has 82 valence electrons. The topological polar surface area (TPSA) is 37.8 Å². The lowest BCUT2D eigenvalue weighted by Gasteiger charge is -2.14. The van der Waals surface area contributed by atoms with Crippen LogP contribution in [-0.2, 0) is 0 Å². The summed E-state index contributed by atoms with van der Waals surface area (Å²) in [6.45, 7) is 2.00. The maximum atomic E-state index is 12.7. The summed E-state index contributed by atoms with van der Waals surface area (Å²) in [4.78, 5) is 7.90. The highest BCUT2D eigenvalue weighted by atomic mass is 19.1. The largest absolute Gasteiger partial charge is 0.363 e. The van der Waals surface area contributed by atoms with E-state index in [9.17, 15) is 4.39 Å². The quantitative estimate of drug-likeness (QED) is 0.859. The fourth-order valence-corrected chi connectivity index (χ4v) is 1.43. The van der Waals surface area contributed by atoms with E-state index in [-0.39, 0.29) is 11.9 Å². The van der Waals surface area contributed by atoms with E-state index in [1.54, 1.807) is 24.4 Å². The second-order valence-electron chi connectivity index (χ2n) is 3.51. The molecular weight excluding hydrogens is 205 g/mol. The lowest BCUT2D eigenvalue weighted by atomic mass is 10.1. The summed E-state index contributed by atoms with van der Waals surface area (Å²) in [7, 11) is 0. The van der Waals surface area contributed by atoms with Gasteiger partial charge in [0.05, 0.1) is 0 Å². The molecule has 0 spiro atoms. The van der Waals surface area contributed by atoms with Gasteiger partial charge in [-0.2, -0.15) is 0 Å². The van der Waals surface area contributed by atoms with Crippen molar-refractivity contribution in [3.63, 3.8) is 0 Å². The first kappa shape index (κ1) is 10.5. The number of halogens is 1. The number of hydrogen-bond donors (Lipinski definition) is 1. The van der Waals surface area contributed by atoms with Crippen molar-refractivity contribution in [1.82, 2.24) is 9.97 Å². The van der Waals surface area contributed by atoms with Crippen molar-refractivity contribution in [3.8, 4) is 0 Å². The van der Waals surface area contributed by atoms with Crippen LogP contribution in [0.4, 0.5) is 10.2 Å². The van der Waals surface area contributed by atoms with Crippen molar-refractivity contribution in [2.24, 2.45) is 0 Å². The Morgan fingerprint density at radius 2 is 1.94 bits per heavy atom. The standard InChI is InChI=1S/C12H12FN3/c1-9(10-2-4-11(13)5-3-10)16-12-6-7-14-8-15-12/h2-9H,1H3,(H,14,15,16). The Kier molecular flexibility index (Phi) is 3.10. The predicted molar refractivity (Wildman–Crippen MR) is 60.5 cm³/mol. The van der Waals surface area contributed by atoms with Gasteiger partial charge in [-0.05, 0) is 30.7 Å². The van der Waals surface area contributed by atoms with Crippen LogP contribution in [0.2, 0.25) is 0 Å². The Bertz CT molecular complexity index is 442. The van der Waals surface area contributed by atoms with Crippen molar-refractivity contribution in [2.45, 2.75) is 13.0 Å². The highest BCUT2D eigenvalue weighted by molar-refractivity contribution is 5.36. The van der Waals surface area contributed by atoms with Crippen molar-refractivity contribution in [3.05, 3.63) is 54.2 Å². The second kappa shape index (κ2) is 4.70. The van der Waals surface area contributed by atoms with Crippen LogP contribution in [0.1, 0.15) is 18.5 Å². The van der Waals surface area contributed by atoms with E-state index in [2.05, 4.69) is 15.3 Å². The molecule has 1 aromatic heterocycles. The van der Waals surface area contributed by atoms with Gasteiger partial charge in [0.25, 0.3) is 0 Å². The number of anilines is 1. The van der Waals surface area contributed by atoms with Crippen LogP contribution in [0.5, 0.6) is 0 Å². The normalized spacial score (nSPS) is 12.1. The van der Waals surface area contributed by atoms with Gasteiger partial charge in [0.1, 0.15) is 18.0 Å². The number of nitrogens with one attached hydrogen (secondary N) is 1. The fourth-order valence-electron chi connectivity index (χ4n) is 1.43. The first-order valence-electron chi connectivity index (χ1n) is 5.04. The third kappa shape index (κ3) is 2.53. The summed E-state index contributed by atoms with van der Waals surface area (Å²) < 4.78 is 12.7. The molecule has 0 aliphatic carbocycles. The summed E-state index contributed by atoms with van der Waals surface area (Å²) in [5.74, 6) is 0.532. The molecule has 16 heavy (non-hydrogen) atoms. The van der Waals surface area contributed by atoms with E-state index in [0.29, 0.717) is 0 Å². The van der Waals surface area contributed by atoms with E-state index < -0.39 is 0 Å². The van der Waals surface area contributed by atoms with Gasteiger partial charge >= 0.3 is 0 Å². The van der Waals surface area contributed by atoms with Gasteiger partial charge in [0.2, 0.25) is 0 Å². The smallest absolute Gasteiger partial charge is 0.129 e. The summed E-state index contributed by atoms with van der Waals surface area (Å²) in [6, 6.07) is 8.29. The van der Waals surface area contributed by atoms with Gasteiger partial charge in [0, 0.05) is 12.2 Å². The molecule has 0 aliphatic heterocycles. The highest BCUT2D eigenvalue weighted by Gasteiger charge is 2.05. The molecule has 0 saturated heterocycles. The fraction of sp³-hybridized carbons (Fsp3) is 0.167. The molecule has 4 heteroatoms. The minimum absolute atomic E-state index is 0.0792. The van der Waals surface area contributed by atoms with E-state index in [1.807, 2.05) is 6.92 Å². The van der Waals surface area contributed by atoms with E-state index in [1.165, 1.54) is 18.5 Å². The van der Waals surface area contributed by atoms with Crippen LogP contribution in [-0.4, -0.2) is 9.97 Å². The zero-order valence-corrected chi connectivity index (χ0v) is 8.89. The lowest BCUT2D eigenvalue weighted by Crippen LogP contribution is -2.07. The Balaban J connectivity index is 2.09. The molecule has 1 unspecified atom stereocenters. The van der Waals surface area contributed by atoms with Crippen molar-refractivity contribution in [2.75, 3.05) is 5.32 Å². The van der Waals surface area contributed by atoms with Gasteiger partial charge in [-0.15, -0.1) is 0 Å². The third-order valence-corrected chi connectivity index (χ3v) is 2.32. The average molecular weight is 217 g/mol. The summed E-state index contributed by atoms with van der Waals surface area (Å²) >= 11 is 0. The highest BCUT2D eigenvalue weighted by Crippen LogP contribution is 2.17. The maximum absolute atomic E-state index is 12.7. The minimum Gasteiger partial charge on any atom is -0.363 e. The Morgan fingerprint density at radius 1 is 1.19 bits per heavy atom. The van der Waals surface area contributed by atoms with Crippen molar-refractivity contribution >= 4 is 5.82 Å². The molecule has 3 nitrogen and oxygen atoms in total. The zero-order chi connectivity index (χ0) is 11.4. The number of rotatable bonds is 3. The molecule has 0 bridgehead atoms. The van der Waals surface area contributed by atoms with Crippen LogP contribution in [0, 0.1) is 5.82 Å².